The van der Waals surface area contributed by atoms with Crippen molar-refractivity contribution in [3.63, 3.8) is 0 Å². The molecule has 1 heterocycles. The normalized spacial score (nSPS) is 31.9. The molecule has 1 spiro atoms. The Morgan fingerprint density at radius 1 is 1.04 bits per heavy atom. The summed E-state index contributed by atoms with van der Waals surface area (Å²) in [4.78, 5) is 58.3. The first-order chi connectivity index (χ1) is 26.7. The molecule has 1 aliphatic heterocycles. The third-order valence-corrected chi connectivity index (χ3v) is 17.8. The number of ether oxygens (including phenoxy) is 6. The van der Waals surface area contributed by atoms with Gasteiger partial charge in [0.15, 0.2) is 25.5 Å². The number of ketones is 2. The molecule has 3 fully saturated rings. The van der Waals surface area contributed by atoms with Gasteiger partial charge in [-0.3, -0.25) is 9.59 Å². The molecule has 1 N–H and O–H groups in total. The van der Waals surface area contributed by atoms with E-state index < -0.39 is 84.2 Å². The van der Waals surface area contributed by atoms with Crippen molar-refractivity contribution < 1.29 is 57.1 Å². The van der Waals surface area contributed by atoms with Crippen LogP contribution in [0.1, 0.15) is 70.3 Å². The van der Waals surface area contributed by atoms with Crippen molar-refractivity contribution in [2.24, 2.45) is 22.7 Å². The Morgan fingerprint density at radius 2 is 1.68 bits per heavy atom. The van der Waals surface area contributed by atoms with E-state index in [2.05, 4.69) is 40.4 Å². The molecule has 0 aromatic heterocycles. The second-order valence-corrected chi connectivity index (χ2v) is 22.7. The monoisotopic (exact) mass is 804 g/mol. The fourth-order valence-electron chi connectivity index (χ4n) is 8.79. The molecule has 6 rings (SSSR count). The molecule has 13 heteroatoms. The van der Waals surface area contributed by atoms with Crippen LogP contribution in [0.25, 0.3) is 0 Å². The first kappa shape index (κ1) is 42.5. The Kier molecular flexibility index (Phi) is 11.3. The molecule has 4 aliphatic rings. The van der Waals surface area contributed by atoms with Crippen LogP contribution in [0.3, 0.4) is 0 Å². The van der Waals surface area contributed by atoms with Crippen molar-refractivity contribution in [1.29, 1.82) is 0 Å². The quantitative estimate of drug-likeness (QED) is 0.106. The third-order valence-electron chi connectivity index (χ3n) is 13.4. The first-order valence-corrected chi connectivity index (χ1v) is 22.4. The van der Waals surface area contributed by atoms with Gasteiger partial charge in [0.25, 0.3) is 0 Å². The van der Waals surface area contributed by atoms with Crippen molar-refractivity contribution in [3.05, 3.63) is 90.2 Å². The van der Waals surface area contributed by atoms with Crippen molar-refractivity contribution in [2.45, 2.75) is 109 Å². The molecular weight excluding hydrogens is 749 g/mol. The molecule has 308 valence electrons. The summed E-state index contributed by atoms with van der Waals surface area (Å²) in [6.45, 7) is 19.1. The lowest BCUT2D eigenvalue weighted by Gasteiger charge is -2.62. The predicted molar refractivity (Wildman–Crippen MR) is 212 cm³/mol. The van der Waals surface area contributed by atoms with Gasteiger partial charge in [-0.1, -0.05) is 77.6 Å². The number of rotatable bonds is 11. The number of epoxide rings is 1. The van der Waals surface area contributed by atoms with E-state index in [9.17, 15) is 14.7 Å². The van der Waals surface area contributed by atoms with Gasteiger partial charge in [-0.25, -0.2) is 9.59 Å². The van der Waals surface area contributed by atoms with E-state index in [1.54, 1.807) is 70.3 Å². The number of Topliss-reactive ketones (excluding diaryl/α,β-unsaturated/α-hetero) is 2. The van der Waals surface area contributed by atoms with E-state index >= 15 is 9.59 Å². The molecule has 8 atom stereocenters. The van der Waals surface area contributed by atoms with Crippen LogP contribution in [0, 0.1) is 22.7 Å². The summed E-state index contributed by atoms with van der Waals surface area (Å²) in [5, 5.41) is 13.3. The van der Waals surface area contributed by atoms with Gasteiger partial charge in [0.2, 0.25) is 5.78 Å². The average molecular weight is 805 g/mol. The highest BCUT2D eigenvalue weighted by Crippen LogP contribution is 2.65. The molecule has 0 amide bonds. The Hall–Kier alpha value is -4.14. The van der Waals surface area contributed by atoms with Crippen LogP contribution < -0.4 is 4.74 Å². The van der Waals surface area contributed by atoms with E-state index in [-0.39, 0.29) is 36.2 Å². The molecule has 12 nitrogen and oxygen atoms in total. The van der Waals surface area contributed by atoms with Crippen LogP contribution in [-0.2, 0) is 44.3 Å². The Labute approximate surface area is 336 Å². The highest BCUT2D eigenvalue weighted by atomic mass is 28.4. The maximum atomic E-state index is 16.0. The van der Waals surface area contributed by atoms with Gasteiger partial charge in [0.05, 0.1) is 43.0 Å². The zero-order chi connectivity index (χ0) is 41.8. The average Bonchev–Trinajstić information content (AvgIpc) is 3.94. The van der Waals surface area contributed by atoms with Crippen molar-refractivity contribution in [2.75, 3.05) is 20.3 Å². The highest BCUT2D eigenvalue weighted by molar-refractivity contribution is 6.74. The summed E-state index contributed by atoms with van der Waals surface area (Å²) in [6.07, 6.45) is -1.48. The number of carbonyl (C=O) groups excluding carboxylic acids is 4. The van der Waals surface area contributed by atoms with Gasteiger partial charge in [0, 0.05) is 17.3 Å². The fourth-order valence-corrected chi connectivity index (χ4v) is 10.2. The largest absolute Gasteiger partial charge is 0.514 e. The van der Waals surface area contributed by atoms with E-state index in [1.807, 2.05) is 12.1 Å². The summed E-state index contributed by atoms with van der Waals surface area (Å²) >= 11 is 0. The lowest BCUT2D eigenvalue weighted by Crippen LogP contribution is -2.76. The zero-order valence-electron chi connectivity index (χ0n) is 34.4. The number of esters is 1. The Balaban J connectivity index is 1.60. The van der Waals surface area contributed by atoms with E-state index in [1.165, 1.54) is 12.2 Å². The van der Waals surface area contributed by atoms with Gasteiger partial charge in [-0.05, 0) is 73.8 Å². The topological polar surface area (TPSA) is 156 Å². The Morgan fingerprint density at radius 3 is 2.26 bits per heavy atom. The van der Waals surface area contributed by atoms with Crippen LogP contribution in [-0.4, -0.2) is 87.0 Å². The maximum absolute atomic E-state index is 16.0. The number of hydrogen-bond donors (Lipinski definition) is 1. The van der Waals surface area contributed by atoms with Crippen LogP contribution in [0.5, 0.6) is 5.75 Å². The highest BCUT2D eigenvalue weighted by Gasteiger charge is 2.78. The second-order valence-electron chi connectivity index (χ2n) is 18.0. The third kappa shape index (κ3) is 7.30. The molecule has 3 aliphatic carbocycles. The number of fused-ring (bicyclic) bond motifs is 4. The predicted octanol–water partition coefficient (Wildman–Crippen LogP) is 7.14. The summed E-state index contributed by atoms with van der Waals surface area (Å²) in [7, 11) is -1.05. The van der Waals surface area contributed by atoms with Gasteiger partial charge in [-0.15, -0.1) is 0 Å². The van der Waals surface area contributed by atoms with E-state index in [0.717, 1.165) is 5.56 Å². The van der Waals surface area contributed by atoms with Crippen molar-refractivity contribution in [3.8, 4) is 5.75 Å². The molecular formula is C44H56O12Si. The molecule has 2 aromatic rings. The zero-order valence-corrected chi connectivity index (χ0v) is 35.4. The number of methoxy groups -OCH3 is 1. The molecule has 2 bridgehead atoms. The van der Waals surface area contributed by atoms with Crippen molar-refractivity contribution in [1.82, 2.24) is 0 Å². The molecule has 0 unspecified atom stereocenters. The lowest BCUT2D eigenvalue weighted by atomic mass is 9.46. The molecule has 0 radical (unpaired) electrons. The first-order valence-electron chi connectivity index (χ1n) is 19.5. The Bertz CT molecular complexity index is 1910. The molecule has 1 saturated heterocycles. The van der Waals surface area contributed by atoms with Gasteiger partial charge in [0.1, 0.15) is 24.6 Å². The minimum Gasteiger partial charge on any atom is -0.497 e. The summed E-state index contributed by atoms with van der Waals surface area (Å²) < 4.78 is 42.6. The number of benzene rings is 2. The number of aliphatic hydroxyl groups is 1. The standard InChI is InChI=1S/C44H56O12Si/c1-11-23-51-39(48)54-31-24-30-33(52-25-27-17-19-29(50-8)20-18-27)36(46)42(7)32(56-57(9,10)40(2,3)4)21-22-43(26-53-43)34(42)37(44(49,35(31)45)41(30,5)6)55-38(47)28-15-13-12-14-16-28/h11-20,24,30,32-34,37,49H,1,21-23,25-26H2,2-10H3/t30-,32+,33-,34+,37+,42-,43-,44-/m1/s1. The molecule has 2 saturated carbocycles. The van der Waals surface area contributed by atoms with E-state index in [0.29, 0.717) is 18.6 Å². The SMILES string of the molecule is C=CCOC(=O)OC1=C[C@@H]2[C@@H](OCc3ccc(OC)cc3)C(=O)[C@]3(C)[C@@H](O[Si](C)(C)C(C)(C)C)CC[C@@]4(CO4)[C@H]3[C@H](OC(=O)c3ccccc3)[C@](O)(C1=O)C2(C)C. The molecule has 2 aromatic carbocycles. The number of carbonyl (C=O) groups is 4. The van der Waals surface area contributed by atoms with Crippen LogP contribution in [0.15, 0.2) is 79.1 Å². The fraction of sp³-hybridized carbons (Fsp3) is 0.545. The smallest absolute Gasteiger partial charge is 0.497 e. The van der Waals surface area contributed by atoms with E-state index in [4.69, 9.17) is 32.8 Å². The van der Waals surface area contributed by atoms with Gasteiger partial charge < -0.3 is 38.0 Å². The molecule has 57 heavy (non-hydrogen) atoms. The second kappa shape index (κ2) is 15.2. The summed E-state index contributed by atoms with van der Waals surface area (Å²) in [5.41, 5.74) is -5.93. The summed E-state index contributed by atoms with van der Waals surface area (Å²) in [5.74, 6) is -4.38. The number of hydrogen-bond acceptors (Lipinski definition) is 12. The van der Waals surface area contributed by atoms with Crippen LogP contribution in [0.2, 0.25) is 18.1 Å². The summed E-state index contributed by atoms with van der Waals surface area (Å²) in [6, 6.07) is 15.4. The van der Waals surface area contributed by atoms with Gasteiger partial charge in [-0.2, -0.15) is 0 Å². The van der Waals surface area contributed by atoms with Gasteiger partial charge >= 0.3 is 12.1 Å². The van der Waals surface area contributed by atoms with Crippen molar-refractivity contribution >= 4 is 32.0 Å². The lowest BCUT2D eigenvalue weighted by molar-refractivity contribution is -0.239. The minimum atomic E-state index is -2.61. The maximum Gasteiger partial charge on any atom is 0.514 e. The van der Waals surface area contributed by atoms with Crippen LogP contribution in [0.4, 0.5) is 4.79 Å². The van der Waals surface area contributed by atoms with Crippen LogP contribution >= 0.6 is 0 Å². The minimum absolute atomic E-state index is 0.0344.